The van der Waals surface area contributed by atoms with Gasteiger partial charge in [-0.15, -0.1) is 0 Å². The van der Waals surface area contributed by atoms with Crippen molar-refractivity contribution in [3.05, 3.63) is 0 Å². The second-order valence-electron chi connectivity index (χ2n) is 6.23. The Kier molecular flexibility index (Phi) is 5.81. The second-order valence-corrected chi connectivity index (χ2v) is 6.23. The summed E-state index contributed by atoms with van der Waals surface area (Å²) in [7, 11) is 0. The van der Waals surface area contributed by atoms with Gasteiger partial charge in [0.05, 0.1) is 12.0 Å². The van der Waals surface area contributed by atoms with Gasteiger partial charge < -0.3 is 15.3 Å². The Morgan fingerprint density at radius 2 is 2.25 bits per heavy atom. The summed E-state index contributed by atoms with van der Waals surface area (Å²) in [5.74, 6) is 0.497. The number of rotatable bonds is 4. The van der Waals surface area contributed by atoms with Gasteiger partial charge in [-0.2, -0.15) is 0 Å². The molecule has 2 fully saturated rings. The van der Waals surface area contributed by atoms with Crippen LogP contribution in [-0.4, -0.2) is 72.2 Å². The lowest BCUT2D eigenvalue weighted by Crippen LogP contribution is -2.57. The van der Waals surface area contributed by atoms with Gasteiger partial charge in [0.1, 0.15) is 0 Å². The summed E-state index contributed by atoms with van der Waals surface area (Å²) < 4.78 is 0. The minimum Gasteiger partial charge on any atom is -0.392 e. The molecule has 3 atom stereocenters. The van der Waals surface area contributed by atoms with Crippen molar-refractivity contribution in [3.8, 4) is 0 Å². The third-order valence-electron chi connectivity index (χ3n) is 4.53. The first-order valence-electron chi connectivity index (χ1n) is 8.03. The zero-order valence-electron chi connectivity index (χ0n) is 12.8. The average molecular weight is 283 g/mol. The molecule has 0 radical (unpaired) electrons. The molecule has 5 nitrogen and oxygen atoms in total. The highest BCUT2D eigenvalue weighted by Gasteiger charge is 2.32. The Morgan fingerprint density at radius 1 is 1.45 bits per heavy atom. The maximum atomic E-state index is 12.6. The highest BCUT2D eigenvalue weighted by molar-refractivity contribution is 5.79. The summed E-state index contributed by atoms with van der Waals surface area (Å²) >= 11 is 0. The largest absolute Gasteiger partial charge is 0.392 e. The summed E-state index contributed by atoms with van der Waals surface area (Å²) in [5, 5.41) is 12.9. The van der Waals surface area contributed by atoms with E-state index in [1.54, 1.807) is 0 Å². The highest BCUT2D eigenvalue weighted by atomic mass is 16.3. The molecule has 3 unspecified atom stereocenters. The van der Waals surface area contributed by atoms with Gasteiger partial charge in [-0.1, -0.05) is 6.92 Å². The molecule has 0 bridgehead atoms. The molecule has 0 aromatic heterocycles. The molecule has 0 spiro atoms. The van der Waals surface area contributed by atoms with Crippen molar-refractivity contribution in [3.63, 3.8) is 0 Å². The molecule has 2 rings (SSSR count). The quantitative estimate of drug-likeness (QED) is 0.779. The van der Waals surface area contributed by atoms with Gasteiger partial charge in [0.2, 0.25) is 5.91 Å². The minimum atomic E-state index is -0.297. The van der Waals surface area contributed by atoms with Crippen LogP contribution in [0.1, 0.15) is 33.1 Å². The number of piperidine rings is 1. The molecule has 2 N–H and O–H groups in total. The molecular weight excluding hydrogens is 254 g/mol. The number of carbonyl (C=O) groups is 1. The van der Waals surface area contributed by atoms with Gasteiger partial charge in [0, 0.05) is 38.8 Å². The molecule has 2 aliphatic rings. The predicted octanol–water partition coefficient (Wildman–Crippen LogP) is 0.290. The fraction of sp³-hybridized carbons (Fsp3) is 0.933. The van der Waals surface area contributed by atoms with Crippen LogP contribution in [0.5, 0.6) is 0 Å². The van der Waals surface area contributed by atoms with Crippen LogP contribution in [0.25, 0.3) is 0 Å². The molecule has 2 saturated heterocycles. The van der Waals surface area contributed by atoms with E-state index in [2.05, 4.69) is 17.1 Å². The van der Waals surface area contributed by atoms with Crippen LogP contribution in [0.2, 0.25) is 0 Å². The summed E-state index contributed by atoms with van der Waals surface area (Å²) in [4.78, 5) is 16.9. The number of nitrogens with zero attached hydrogens (tertiary/aromatic N) is 2. The van der Waals surface area contributed by atoms with E-state index in [0.717, 1.165) is 52.0 Å². The molecule has 0 aliphatic carbocycles. The molecule has 2 heterocycles. The monoisotopic (exact) mass is 283 g/mol. The van der Waals surface area contributed by atoms with Gasteiger partial charge in [-0.3, -0.25) is 9.69 Å². The number of carbonyl (C=O) groups excluding carboxylic acids is 1. The number of aliphatic hydroxyl groups is 1. The van der Waals surface area contributed by atoms with E-state index in [-0.39, 0.29) is 12.0 Å². The second kappa shape index (κ2) is 7.38. The number of nitrogens with one attached hydrogen (secondary N) is 1. The molecule has 0 saturated carbocycles. The minimum absolute atomic E-state index is 0.171. The summed E-state index contributed by atoms with van der Waals surface area (Å²) in [6.07, 6.45) is 2.86. The van der Waals surface area contributed by atoms with E-state index in [9.17, 15) is 9.90 Å². The Labute approximate surface area is 122 Å². The van der Waals surface area contributed by atoms with Crippen LogP contribution in [0.15, 0.2) is 0 Å². The number of piperazine rings is 1. The zero-order chi connectivity index (χ0) is 14.5. The molecular formula is C15H29N3O2. The van der Waals surface area contributed by atoms with E-state index in [4.69, 9.17) is 0 Å². The molecule has 0 aromatic rings. The standard InChI is InChI=1S/C15H29N3O2/c1-3-14-11-18(8-7-17(14)10-12(2)19)15(20)13-5-4-6-16-9-13/h12-14,16,19H,3-11H2,1-2H3. The van der Waals surface area contributed by atoms with E-state index in [1.165, 1.54) is 0 Å². The summed E-state index contributed by atoms with van der Waals surface area (Å²) in [6, 6.07) is 0.388. The number of hydrogen-bond donors (Lipinski definition) is 2. The van der Waals surface area contributed by atoms with Crippen LogP contribution >= 0.6 is 0 Å². The van der Waals surface area contributed by atoms with Crippen molar-refractivity contribution >= 4 is 5.91 Å². The zero-order valence-corrected chi connectivity index (χ0v) is 12.8. The predicted molar refractivity (Wildman–Crippen MR) is 79.5 cm³/mol. The Hall–Kier alpha value is -0.650. The van der Waals surface area contributed by atoms with Gasteiger partial charge in [-0.05, 0) is 32.7 Å². The van der Waals surface area contributed by atoms with Gasteiger partial charge >= 0.3 is 0 Å². The first-order valence-corrected chi connectivity index (χ1v) is 8.03. The summed E-state index contributed by atoms with van der Waals surface area (Å²) in [6.45, 7) is 9.10. The topological polar surface area (TPSA) is 55.8 Å². The van der Waals surface area contributed by atoms with Crippen LogP contribution in [0, 0.1) is 5.92 Å². The van der Waals surface area contributed by atoms with E-state index >= 15 is 0 Å². The van der Waals surface area contributed by atoms with Crippen molar-refractivity contribution in [2.45, 2.75) is 45.3 Å². The van der Waals surface area contributed by atoms with Crippen molar-refractivity contribution in [1.29, 1.82) is 0 Å². The molecule has 116 valence electrons. The van der Waals surface area contributed by atoms with Crippen molar-refractivity contribution in [1.82, 2.24) is 15.1 Å². The van der Waals surface area contributed by atoms with Crippen LogP contribution in [-0.2, 0) is 4.79 Å². The normalized spacial score (nSPS) is 30.2. The van der Waals surface area contributed by atoms with Gasteiger partial charge in [-0.25, -0.2) is 0 Å². The molecule has 5 heteroatoms. The van der Waals surface area contributed by atoms with Crippen LogP contribution < -0.4 is 5.32 Å². The molecule has 1 amide bonds. The average Bonchev–Trinajstić information content (AvgIpc) is 2.47. The fourth-order valence-corrected chi connectivity index (χ4v) is 3.38. The first-order chi connectivity index (χ1) is 9.61. The van der Waals surface area contributed by atoms with Crippen LogP contribution in [0.3, 0.4) is 0 Å². The third-order valence-corrected chi connectivity index (χ3v) is 4.53. The third kappa shape index (κ3) is 3.93. The molecule has 2 aliphatic heterocycles. The number of aliphatic hydroxyl groups excluding tert-OH is 1. The van der Waals surface area contributed by atoms with E-state index in [1.807, 2.05) is 11.8 Å². The smallest absolute Gasteiger partial charge is 0.227 e. The van der Waals surface area contributed by atoms with Crippen LogP contribution in [0.4, 0.5) is 0 Å². The summed E-state index contributed by atoms with van der Waals surface area (Å²) in [5.41, 5.74) is 0. The van der Waals surface area contributed by atoms with Gasteiger partial charge in [0.15, 0.2) is 0 Å². The van der Waals surface area contributed by atoms with Gasteiger partial charge in [0.25, 0.3) is 0 Å². The first kappa shape index (κ1) is 15.7. The van der Waals surface area contributed by atoms with Crippen molar-refractivity contribution in [2.75, 3.05) is 39.3 Å². The maximum absolute atomic E-state index is 12.6. The Morgan fingerprint density at radius 3 is 2.85 bits per heavy atom. The SMILES string of the molecule is CCC1CN(C(=O)C2CCCNC2)CCN1CC(C)O. The Balaban J connectivity index is 1.90. The van der Waals surface area contributed by atoms with Crippen molar-refractivity contribution < 1.29 is 9.90 Å². The lowest BCUT2D eigenvalue weighted by Gasteiger charge is -2.43. The van der Waals surface area contributed by atoms with E-state index < -0.39 is 0 Å². The van der Waals surface area contributed by atoms with E-state index in [0.29, 0.717) is 18.5 Å². The number of amides is 1. The lowest BCUT2D eigenvalue weighted by atomic mass is 9.97. The fourth-order valence-electron chi connectivity index (χ4n) is 3.38. The van der Waals surface area contributed by atoms with Crippen molar-refractivity contribution in [2.24, 2.45) is 5.92 Å². The molecule has 0 aromatic carbocycles. The number of hydrogen-bond acceptors (Lipinski definition) is 4. The Bertz CT molecular complexity index is 316. The highest BCUT2D eigenvalue weighted by Crippen LogP contribution is 2.18. The maximum Gasteiger partial charge on any atom is 0.227 e. The number of β-amino-alcohol motifs (C(OH)–C–C–N with tert-alkyl or cyclic N) is 1. The lowest BCUT2D eigenvalue weighted by molar-refractivity contribution is -0.139. The molecule has 20 heavy (non-hydrogen) atoms.